The molecule has 0 aliphatic heterocycles. The lowest BCUT2D eigenvalue weighted by molar-refractivity contribution is 0.668. The van der Waals surface area contributed by atoms with Crippen molar-refractivity contribution in [2.45, 2.75) is 0 Å². The third-order valence-corrected chi connectivity index (χ3v) is 12.4. The van der Waals surface area contributed by atoms with Gasteiger partial charge in [-0.25, -0.2) is 0 Å². The maximum atomic E-state index is 6.89. The fourth-order valence-electron chi connectivity index (χ4n) is 9.87. The first-order chi connectivity index (χ1) is 28.8. The number of furan rings is 2. The molecule has 0 spiro atoms. The van der Waals surface area contributed by atoms with Crippen LogP contribution in [0, 0.1) is 0 Å². The largest absolute Gasteiger partial charge is 0.456 e. The lowest BCUT2D eigenvalue weighted by Gasteiger charge is -2.20. The predicted octanol–water partition coefficient (Wildman–Crippen LogP) is 16.3. The number of para-hydroxylation sites is 2. The van der Waals surface area contributed by atoms with E-state index in [1.54, 1.807) is 0 Å². The summed E-state index contributed by atoms with van der Waals surface area (Å²) in [4.78, 5) is 0. The Kier molecular flexibility index (Phi) is 6.47. The molecule has 0 atom stereocenters. The smallest absolute Gasteiger partial charge is 0.143 e. The molecule has 0 radical (unpaired) electrons. The maximum absolute atomic E-state index is 6.89. The van der Waals surface area contributed by atoms with Gasteiger partial charge in [0, 0.05) is 27.1 Å². The lowest BCUT2D eigenvalue weighted by atomic mass is 9.83. The third kappa shape index (κ3) is 4.43. The molecule has 0 saturated carbocycles. The van der Waals surface area contributed by atoms with Crippen LogP contribution < -0.4 is 0 Å². The number of hydrogen-bond acceptors (Lipinski definition) is 2. The van der Waals surface area contributed by atoms with Crippen molar-refractivity contribution in [3.8, 4) is 33.4 Å². The molecule has 13 aromatic rings. The Morgan fingerprint density at radius 3 is 1.57 bits per heavy atom. The summed E-state index contributed by atoms with van der Waals surface area (Å²) in [7, 11) is 0. The molecule has 2 heterocycles. The molecule has 2 heteroatoms. The molecule has 0 aliphatic rings. The normalized spacial score (nSPS) is 12.1. The van der Waals surface area contributed by atoms with Crippen molar-refractivity contribution in [2.75, 3.05) is 0 Å². The number of hydrogen-bond donors (Lipinski definition) is 0. The van der Waals surface area contributed by atoms with Gasteiger partial charge in [0.1, 0.15) is 22.3 Å². The van der Waals surface area contributed by atoms with Crippen LogP contribution in [0.15, 0.2) is 203 Å². The Morgan fingerprint density at radius 1 is 0.259 bits per heavy atom. The van der Waals surface area contributed by atoms with Crippen molar-refractivity contribution >= 4 is 97.7 Å². The number of rotatable bonds is 3. The maximum Gasteiger partial charge on any atom is 0.143 e. The topological polar surface area (TPSA) is 26.3 Å². The van der Waals surface area contributed by atoms with E-state index in [1.807, 2.05) is 12.1 Å². The third-order valence-electron chi connectivity index (χ3n) is 12.4. The van der Waals surface area contributed by atoms with Crippen LogP contribution in [-0.2, 0) is 0 Å². The number of benzene rings is 11. The van der Waals surface area contributed by atoms with Crippen LogP contribution in [-0.4, -0.2) is 0 Å². The highest BCUT2D eigenvalue weighted by molar-refractivity contribution is 6.28. The highest BCUT2D eigenvalue weighted by Crippen LogP contribution is 2.50. The zero-order chi connectivity index (χ0) is 37.9. The average molecular weight is 737 g/mol. The summed E-state index contributed by atoms with van der Waals surface area (Å²) < 4.78 is 13.1. The van der Waals surface area contributed by atoms with Crippen LogP contribution in [0.2, 0.25) is 0 Å². The molecule has 268 valence electrons. The zero-order valence-corrected chi connectivity index (χ0v) is 31.3. The van der Waals surface area contributed by atoms with Gasteiger partial charge in [-0.05, 0) is 124 Å². The van der Waals surface area contributed by atoms with Gasteiger partial charge in [0.05, 0.1) is 0 Å². The molecule has 58 heavy (non-hydrogen) atoms. The van der Waals surface area contributed by atoms with Crippen LogP contribution in [0.4, 0.5) is 0 Å². The van der Waals surface area contributed by atoms with Crippen molar-refractivity contribution in [3.63, 3.8) is 0 Å². The van der Waals surface area contributed by atoms with Gasteiger partial charge >= 0.3 is 0 Å². The van der Waals surface area contributed by atoms with E-state index in [1.165, 1.54) is 70.6 Å². The SMILES string of the molecule is c1ccc2cc3c(ccc4c(-c5c6ccccc6c(-c6ccc(-c7ccc8oc9ccccc9c8c7)c7oc8ccccc8c67)c6ccccc56)cccc43)cc2c1. The standard InChI is InChI=1S/C56H32O2/c1-2-13-34-31-48-35(30-33(34)12-1)24-26-39-38(48)20-11-21-41(39)53-42-15-3-5-17-44(42)54(45-18-6-4-16-43(45)53)47-28-27-37(56-55(47)46-19-8-10-23-51(46)58-56)36-25-29-52-49(32-36)40-14-7-9-22-50(40)57-52/h1-32H. The first-order valence-corrected chi connectivity index (χ1v) is 19.9. The molecule has 0 fully saturated rings. The molecule has 0 bridgehead atoms. The Balaban J connectivity index is 1.10. The second-order valence-electron chi connectivity index (χ2n) is 15.5. The van der Waals surface area contributed by atoms with Crippen LogP contribution in [0.25, 0.3) is 131 Å². The van der Waals surface area contributed by atoms with E-state index in [2.05, 4.69) is 182 Å². The Hall–Kier alpha value is -7.68. The first-order valence-electron chi connectivity index (χ1n) is 19.9. The molecule has 0 amide bonds. The summed E-state index contributed by atoms with van der Waals surface area (Å²) in [5.74, 6) is 0. The first kappa shape index (κ1) is 31.5. The predicted molar refractivity (Wildman–Crippen MR) is 245 cm³/mol. The highest BCUT2D eigenvalue weighted by Gasteiger charge is 2.23. The second-order valence-corrected chi connectivity index (χ2v) is 15.5. The molecule has 2 nitrogen and oxygen atoms in total. The Labute approximate surface area is 332 Å². The summed E-state index contributed by atoms with van der Waals surface area (Å²) in [6.07, 6.45) is 0. The molecular weight excluding hydrogens is 705 g/mol. The van der Waals surface area contributed by atoms with Crippen LogP contribution >= 0.6 is 0 Å². The van der Waals surface area contributed by atoms with Crippen molar-refractivity contribution in [3.05, 3.63) is 194 Å². The number of fused-ring (bicyclic) bond motifs is 12. The molecule has 0 aliphatic carbocycles. The molecule has 11 aromatic carbocycles. The summed E-state index contributed by atoms with van der Waals surface area (Å²) >= 11 is 0. The van der Waals surface area contributed by atoms with Crippen molar-refractivity contribution in [2.24, 2.45) is 0 Å². The van der Waals surface area contributed by atoms with Gasteiger partial charge in [0.15, 0.2) is 0 Å². The minimum atomic E-state index is 0.877. The molecule has 13 rings (SSSR count). The summed E-state index contributed by atoms with van der Waals surface area (Å²) in [5, 5.41) is 16.9. The van der Waals surface area contributed by atoms with Crippen LogP contribution in [0.1, 0.15) is 0 Å². The van der Waals surface area contributed by atoms with E-state index in [9.17, 15) is 0 Å². The van der Waals surface area contributed by atoms with Crippen LogP contribution in [0.3, 0.4) is 0 Å². The monoisotopic (exact) mass is 736 g/mol. The van der Waals surface area contributed by atoms with E-state index < -0.39 is 0 Å². The van der Waals surface area contributed by atoms with Crippen molar-refractivity contribution in [1.29, 1.82) is 0 Å². The molecule has 2 aromatic heterocycles. The highest BCUT2D eigenvalue weighted by atomic mass is 16.3. The average Bonchev–Trinajstić information content (AvgIpc) is 3.86. The fourth-order valence-corrected chi connectivity index (χ4v) is 9.87. The van der Waals surface area contributed by atoms with Gasteiger partial charge in [-0.15, -0.1) is 0 Å². The van der Waals surface area contributed by atoms with Gasteiger partial charge in [-0.2, -0.15) is 0 Å². The fraction of sp³-hybridized carbons (Fsp3) is 0. The molecular formula is C56H32O2. The van der Waals surface area contributed by atoms with Crippen molar-refractivity contribution < 1.29 is 8.83 Å². The minimum absolute atomic E-state index is 0.877. The molecule has 0 N–H and O–H groups in total. The van der Waals surface area contributed by atoms with Crippen molar-refractivity contribution in [1.82, 2.24) is 0 Å². The lowest BCUT2D eigenvalue weighted by Crippen LogP contribution is -1.93. The van der Waals surface area contributed by atoms with E-state index in [-0.39, 0.29) is 0 Å². The second kappa shape index (κ2) is 11.9. The van der Waals surface area contributed by atoms with E-state index in [4.69, 9.17) is 8.83 Å². The summed E-state index contributed by atoms with van der Waals surface area (Å²) in [5.41, 5.74) is 10.6. The molecule has 0 saturated heterocycles. The van der Waals surface area contributed by atoms with Gasteiger partial charge in [-0.1, -0.05) is 152 Å². The quantitative estimate of drug-likeness (QED) is 0.133. The Bertz CT molecular complexity index is 3800. The van der Waals surface area contributed by atoms with Gasteiger partial charge in [0.2, 0.25) is 0 Å². The Morgan fingerprint density at radius 2 is 0.828 bits per heavy atom. The summed E-state index contributed by atoms with van der Waals surface area (Å²) in [6, 6.07) is 70.4. The van der Waals surface area contributed by atoms with E-state index in [0.717, 1.165) is 60.6 Å². The van der Waals surface area contributed by atoms with Gasteiger partial charge < -0.3 is 8.83 Å². The minimum Gasteiger partial charge on any atom is -0.456 e. The van der Waals surface area contributed by atoms with Crippen LogP contribution in [0.5, 0.6) is 0 Å². The zero-order valence-electron chi connectivity index (χ0n) is 31.3. The van der Waals surface area contributed by atoms with E-state index in [0.29, 0.717) is 0 Å². The molecule has 0 unspecified atom stereocenters. The van der Waals surface area contributed by atoms with Gasteiger partial charge in [-0.3, -0.25) is 0 Å². The van der Waals surface area contributed by atoms with E-state index >= 15 is 0 Å². The van der Waals surface area contributed by atoms with Gasteiger partial charge in [0.25, 0.3) is 0 Å². The summed E-state index contributed by atoms with van der Waals surface area (Å²) in [6.45, 7) is 0.